The zero-order valence-corrected chi connectivity index (χ0v) is 13.7. The molecule has 0 fully saturated rings. The smallest absolute Gasteiger partial charge is 0.141 e. The van der Waals surface area contributed by atoms with Crippen LogP contribution in [-0.4, -0.2) is 4.98 Å². The summed E-state index contributed by atoms with van der Waals surface area (Å²) in [5.74, 6) is -0.483. The lowest BCUT2D eigenvalue weighted by molar-refractivity contribution is 0.628. The van der Waals surface area contributed by atoms with Gasteiger partial charge in [-0.1, -0.05) is 23.2 Å². The zero-order valence-electron chi connectivity index (χ0n) is 12.1. The summed E-state index contributed by atoms with van der Waals surface area (Å²) in [7, 11) is 0. The van der Waals surface area contributed by atoms with Gasteiger partial charge >= 0.3 is 0 Å². The number of halogens is 3. The van der Waals surface area contributed by atoms with Crippen LogP contribution in [0.5, 0.6) is 0 Å². The van der Waals surface area contributed by atoms with Gasteiger partial charge in [-0.25, -0.2) is 4.39 Å². The van der Waals surface area contributed by atoms with E-state index in [0.29, 0.717) is 16.9 Å². The maximum absolute atomic E-state index is 13.3. The Balaban J connectivity index is 0.00000192. The predicted molar refractivity (Wildman–Crippen MR) is 93.1 cm³/mol. The van der Waals surface area contributed by atoms with Gasteiger partial charge < -0.3 is 5.32 Å². The van der Waals surface area contributed by atoms with Crippen molar-refractivity contribution in [1.29, 1.82) is 5.26 Å². The monoisotopic (exact) mass is 347 g/mol. The average molecular weight is 348 g/mol. The van der Waals surface area contributed by atoms with Crippen molar-refractivity contribution < 1.29 is 4.39 Å². The number of nitrogens with zero attached hydrogens (tertiary/aromatic N) is 2. The van der Waals surface area contributed by atoms with E-state index in [1.807, 2.05) is 25.1 Å². The minimum Gasteiger partial charge on any atom is -0.354 e. The number of nitriles is 1. The molecule has 0 aliphatic rings. The first-order valence-electron chi connectivity index (χ1n) is 6.60. The number of benzene rings is 2. The van der Waals surface area contributed by atoms with E-state index in [4.69, 9.17) is 11.6 Å². The van der Waals surface area contributed by atoms with E-state index < -0.39 is 5.82 Å². The molecule has 6 heteroatoms. The Morgan fingerprint density at radius 2 is 2.00 bits per heavy atom. The maximum Gasteiger partial charge on any atom is 0.141 e. The van der Waals surface area contributed by atoms with Gasteiger partial charge in [0.2, 0.25) is 0 Å². The Kier molecular flexibility index (Phi) is 5.05. The van der Waals surface area contributed by atoms with Crippen LogP contribution in [0.15, 0.2) is 42.6 Å². The summed E-state index contributed by atoms with van der Waals surface area (Å²) in [4.78, 5) is 4.28. The van der Waals surface area contributed by atoms with Gasteiger partial charge in [0.15, 0.2) is 0 Å². The van der Waals surface area contributed by atoms with Crippen molar-refractivity contribution in [3.63, 3.8) is 0 Å². The van der Waals surface area contributed by atoms with Gasteiger partial charge in [-0.3, -0.25) is 4.98 Å². The molecule has 0 aliphatic carbocycles. The van der Waals surface area contributed by atoms with Crippen LogP contribution in [0.3, 0.4) is 0 Å². The number of fused-ring (bicyclic) bond motifs is 1. The Labute approximate surface area is 144 Å². The van der Waals surface area contributed by atoms with Crippen molar-refractivity contribution in [2.75, 3.05) is 5.32 Å². The molecule has 3 rings (SSSR count). The SMILES string of the molecule is Cc1ccc2ncc(C#N)c(Nc3ccc(F)c(Cl)c3)c2c1.Cl. The quantitative estimate of drug-likeness (QED) is 0.677. The van der Waals surface area contributed by atoms with Gasteiger partial charge in [-0.15, -0.1) is 12.4 Å². The van der Waals surface area contributed by atoms with Crippen molar-refractivity contribution in [1.82, 2.24) is 4.98 Å². The Morgan fingerprint density at radius 1 is 1.22 bits per heavy atom. The van der Waals surface area contributed by atoms with E-state index >= 15 is 0 Å². The minimum atomic E-state index is -0.483. The fourth-order valence-corrected chi connectivity index (χ4v) is 2.42. The van der Waals surface area contributed by atoms with Gasteiger partial charge in [-0.05, 0) is 37.3 Å². The Morgan fingerprint density at radius 3 is 2.70 bits per heavy atom. The molecule has 1 aromatic heterocycles. The number of nitrogens with one attached hydrogen (secondary N) is 1. The summed E-state index contributed by atoms with van der Waals surface area (Å²) in [6.07, 6.45) is 1.52. The molecule has 0 aliphatic heterocycles. The first-order chi connectivity index (χ1) is 10.6. The van der Waals surface area contributed by atoms with Crippen molar-refractivity contribution in [2.24, 2.45) is 0 Å². The highest BCUT2D eigenvalue weighted by atomic mass is 35.5. The molecule has 0 radical (unpaired) electrons. The second-order valence-electron chi connectivity index (χ2n) is 4.93. The van der Waals surface area contributed by atoms with E-state index in [1.54, 1.807) is 6.07 Å². The fraction of sp³-hybridized carbons (Fsp3) is 0.0588. The molecular weight excluding hydrogens is 336 g/mol. The number of pyridine rings is 1. The molecule has 2 aromatic carbocycles. The van der Waals surface area contributed by atoms with Crippen molar-refractivity contribution in [2.45, 2.75) is 6.92 Å². The van der Waals surface area contributed by atoms with Crippen LogP contribution < -0.4 is 5.32 Å². The van der Waals surface area contributed by atoms with E-state index in [9.17, 15) is 9.65 Å². The number of anilines is 2. The molecule has 0 unspecified atom stereocenters. The second-order valence-corrected chi connectivity index (χ2v) is 5.34. The third-order valence-electron chi connectivity index (χ3n) is 3.33. The molecule has 1 heterocycles. The highest BCUT2D eigenvalue weighted by molar-refractivity contribution is 6.31. The molecule has 0 saturated carbocycles. The first-order valence-corrected chi connectivity index (χ1v) is 6.98. The lowest BCUT2D eigenvalue weighted by Gasteiger charge is -2.12. The van der Waals surface area contributed by atoms with Gasteiger partial charge in [0.05, 0.1) is 21.8 Å². The minimum absolute atomic E-state index is 0. The second kappa shape index (κ2) is 6.82. The summed E-state index contributed by atoms with van der Waals surface area (Å²) in [6.45, 7) is 1.97. The molecule has 3 aromatic rings. The number of aryl methyl sites for hydroxylation is 1. The van der Waals surface area contributed by atoms with E-state index in [1.165, 1.54) is 18.3 Å². The lowest BCUT2D eigenvalue weighted by Crippen LogP contribution is -1.97. The number of rotatable bonds is 2. The number of hydrogen-bond donors (Lipinski definition) is 1. The number of hydrogen-bond acceptors (Lipinski definition) is 3. The molecular formula is C17H12Cl2FN3. The highest BCUT2D eigenvalue weighted by Gasteiger charge is 2.10. The Bertz CT molecular complexity index is 920. The van der Waals surface area contributed by atoms with Crippen LogP contribution >= 0.6 is 24.0 Å². The lowest BCUT2D eigenvalue weighted by atomic mass is 10.1. The Hall–Kier alpha value is -2.35. The molecule has 116 valence electrons. The predicted octanol–water partition coefficient (Wildman–Crippen LogP) is 5.37. The third-order valence-corrected chi connectivity index (χ3v) is 3.62. The van der Waals surface area contributed by atoms with Crippen LogP contribution in [0.25, 0.3) is 10.9 Å². The van der Waals surface area contributed by atoms with E-state index in [0.717, 1.165) is 16.5 Å². The largest absolute Gasteiger partial charge is 0.354 e. The summed E-state index contributed by atoms with van der Waals surface area (Å²) >= 11 is 5.80. The summed E-state index contributed by atoms with van der Waals surface area (Å²) < 4.78 is 13.3. The molecule has 0 atom stereocenters. The summed E-state index contributed by atoms with van der Waals surface area (Å²) in [5.41, 5.74) is 3.50. The molecule has 1 N–H and O–H groups in total. The topological polar surface area (TPSA) is 48.7 Å². The maximum atomic E-state index is 13.3. The van der Waals surface area contributed by atoms with Crippen LogP contribution in [0.1, 0.15) is 11.1 Å². The molecule has 23 heavy (non-hydrogen) atoms. The van der Waals surface area contributed by atoms with E-state index in [2.05, 4.69) is 16.4 Å². The van der Waals surface area contributed by atoms with Crippen LogP contribution in [0.4, 0.5) is 15.8 Å². The molecule has 0 bridgehead atoms. The summed E-state index contributed by atoms with van der Waals surface area (Å²) in [5, 5.41) is 13.3. The van der Waals surface area contributed by atoms with Crippen molar-refractivity contribution in [3.8, 4) is 6.07 Å². The number of aromatic nitrogens is 1. The molecule has 0 saturated heterocycles. The molecule has 0 amide bonds. The normalized spacial score (nSPS) is 10.0. The van der Waals surface area contributed by atoms with Crippen LogP contribution in [-0.2, 0) is 0 Å². The third kappa shape index (κ3) is 3.37. The standard InChI is InChI=1S/C17H11ClFN3.ClH/c1-10-2-5-16-13(6-10)17(11(8-20)9-21-16)22-12-3-4-15(19)14(18)7-12;/h2-7,9H,1H3,(H,21,22);1H. The summed E-state index contributed by atoms with van der Waals surface area (Å²) in [6, 6.07) is 12.3. The first kappa shape index (κ1) is 17.0. The van der Waals surface area contributed by atoms with Crippen LogP contribution in [0.2, 0.25) is 5.02 Å². The fourth-order valence-electron chi connectivity index (χ4n) is 2.24. The van der Waals surface area contributed by atoms with Gasteiger partial charge in [0.25, 0.3) is 0 Å². The van der Waals surface area contributed by atoms with Crippen LogP contribution in [0, 0.1) is 24.1 Å². The van der Waals surface area contributed by atoms with Gasteiger partial charge in [0.1, 0.15) is 11.9 Å². The van der Waals surface area contributed by atoms with Gasteiger partial charge in [-0.2, -0.15) is 5.26 Å². The van der Waals surface area contributed by atoms with Crippen molar-refractivity contribution in [3.05, 3.63) is 64.6 Å². The average Bonchev–Trinajstić information content (AvgIpc) is 2.51. The van der Waals surface area contributed by atoms with Crippen molar-refractivity contribution >= 4 is 46.3 Å². The highest BCUT2D eigenvalue weighted by Crippen LogP contribution is 2.30. The van der Waals surface area contributed by atoms with Gasteiger partial charge in [0, 0.05) is 17.3 Å². The van der Waals surface area contributed by atoms with E-state index in [-0.39, 0.29) is 17.4 Å². The molecule has 0 spiro atoms. The zero-order chi connectivity index (χ0) is 15.7. The molecule has 3 nitrogen and oxygen atoms in total.